The van der Waals surface area contributed by atoms with Gasteiger partial charge in [-0.1, -0.05) is 11.6 Å². The maximum absolute atomic E-state index is 5.58. The van der Waals surface area contributed by atoms with Crippen molar-refractivity contribution in [2.45, 2.75) is 0 Å². The Balaban J connectivity index is 3.28. The molecule has 0 spiro atoms. The molecule has 1 aromatic rings. The van der Waals surface area contributed by atoms with Crippen molar-refractivity contribution in [3.63, 3.8) is 0 Å². The fourth-order valence-electron chi connectivity index (χ4n) is 0.388. The molecular formula is C4H2Br2ClN3. The summed E-state index contributed by atoms with van der Waals surface area (Å²) in [6.45, 7) is 0. The smallest absolute Gasteiger partial charge is 0.163 e. The maximum atomic E-state index is 5.58. The number of nitrogens with two attached hydrogens (primary N) is 1. The van der Waals surface area contributed by atoms with E-state index in [4.69, 9.17) is 17.3 Å². The minimum absolute atomic E-state index is 0.293. The lowest BCUT2D eigenvalue weighted by atomic mass is 10.7. The average molecular weight is 287 g/mol. The molecule has 0 atom stereocenters. The van der Waals surface area contributed by atoms with Gasteiger partial charge in [-0.05, 0) is 31.9 Å². The highest BCUT2D eigenvalue weighted by Gasteiger charge is 2.04. The Labute approximate surface area is 79.2 Å². The summed E-state index contributed by atoms with van der Waals surface area (Å²) in [7, 11) is 0. The lowest BCUT2D eigenvalue weighted by molar-refractivity contribution is 1.14. The van der Waals surface area contributed by atoms with E-state index in [1.54, 1.807) is 0 Å². The Kier molecular flexibility index (Phi) is 2.49. The molecule has 0 saturated carbocycles. The number of halogens is 3. The van der Waals surface area contributed by atoms with Gasteiger partial charge in [-0.25, -0.2) is 9.97 Å². The van der Waals surface area contributed by atoms with E-state index in [2.05, 4.69) is 41.8 Å². The van der Waals surface area contributed by atoms with Crippen molar-refractivity contribution in [1.29, 1.82) is 0 Å². The van der Waals surface area contributed by atoms with Gasteiger partial charge < -0.3 is 5.73 Å². The van der Waals surface area contributed by atoms with E-state index in [1.807, 2.05) is 0 Å². The molecule has 0 aromatic carbocycles. The average Bonchev–Trinajstić information content (AvgIpc) is 1.84. The van der Waals surface area contributed by atoms with Crippen LogP contribution in [-0.2, 0) is 0 Å². The van der Waals surface area contributed by atoms with E-state index in [0.717, 1.165) is 0 Å². The predicted molar refractivity (Wildman–Crippen MR) is 46.9 cm³/mol. The first-order valence-corrected chi connectivity index (χ1v) is 4.21. The summed E-state index contributed by atoms with van der Waals surface area (Å²) in [6.07, 6.45) is 0. The third kappa shape index (κ3) is 1.59. The highest BCUT2D eigenvalue weighted by Crippen LogP contribution is 2.23. The van der Waals surface area contributed by atoms with Crippen molar-refractivity contribution in [2.75, 3.05) is 5.73 Å². The molecule has 54 valence electrons. The Morgan fingerprint density at radius 1 is 1.20 bits per heavy atom. The summed E-state index contributed by atoms with van der Waals surface area (Å²) >= 11 is 11.7. The first kappa shape index (κ1) is 8.23. The minimum Gasteiger partial charge on any atom is -0.381 e. The SMILES string of the molecule is Nc1nc(Br)c(Cl)nc1Br. The van der Waals surface area contributed by atoms with Gasteiger partial charge in [-0.15, -0.1) is 0 Å². The van der Waals surface area contributed by atoms with Gasteiger partial charge in [0.1, 0.15) is 9.21 Å². The van der Waals surface area contributed by atoms with Gasteiger partial charge in [-0.2, -0.15) is 0 Å². The molecule has 0 amide bonds. The van der Waals surface area contributed by atoms with Crippen LogP contribution in [0.25, 0.3) is 0 Å². The molecule has 2 N–H and O–H groups in total. The number of hydrogen-bond donors (Lipinski definition) is 1. The van der Waals surface area contributed by atoms with Crippen LogP contribution in [-0.4, -0.2) is 9.97 Å². The van der Waals surface area contributed by atoms with Gasteiger partial charge >= 0.3 is 0 Å². The highest BCUT2D eigenvalue weighted by molar-refractivity contribution is 9.11. The molecule has 0 radical (unpaired) electrons. The summed E-state index contributed by atoms with van der Waals surface area (Å²) in [6, 6.07) is 0. The molecule has 0 aliphatic carbocycles. The molecule has 1 heterocycles. The van der Waals surface area contributed by atoms with Gasteiger partial charge in [0.2, 0.25) is 0 Å². The van der Waals surface area contributed by atoms with Gasteiger partial charge in [0.15, 0.2) is 11.0 Å². The second kappa shape index (κ2) is 3.02. The van der Waals surface area contributed by atoms with Crippen LogP contribution in [0.5, 0.6) is 0 Å². The van der Waals surface area contributed by atoms with Crippen LogP contribution >= 0.6 is 43.5 Å². The molecule has 6 heteroatoms. The Morgan fingerprint density at radius 3 is 2.30 bits per heavy atom. The standard InChI is InChI=1S/C4H2Br2ClN3/c5-1-3(7)9-2(6)4(8)10-1/h(H2,8,10). The minimum atomic E-state index is 0.293. The Bertz CT molecular complexity index is 215. The quantitative estimate of drug-likeness (QED) is 0.796. The molecule has 0 saturated heterocycles. The van der Waals surface area contributed by atoms with Crippen molar-refractivity contribution >= 4 is 49.3 Å². The summed E-state index contributed by atoms with van der Waals surface area (Å²) in [4.78, 5) is 7.65. The number of hydrogen-bond acceptors (Lipinski definition) is 3. The van der Waals surface area contributed by atoms with E-state index in [0.29, 0.717) is 20.2 Å². The van der Waals surface area contributed by atoms with Gasteiger partial charge in [-0.3, -0.25) is 0 Å². The van der Waals surface area contributed by atoms with Crippen LogP contribution in [0, 0.1) is 0 Å². The number of aromatic nitrogens is 2. The molecule has 0 aliphatic heterocycles. The largest absolute Gasteiger partial charge is 0.381 e. The first-order valence-electron chi connectivity index (χ1n) is 2.25. The van der Waals surface area contributed by atoms with Crippen LogP contribution in [0.4, 0.5) is 5.82 Å². The van der Waals surface area contributed by atoms with Gasteiger partial charge in [0, 0.05) is 0 Å². The molecule has 1 rings (SSSR count). The monoisotopic (exact) mass is 285 g/mol. The van der Waals surface area contributed by atoms with Crippen molar-refractivity contribution in [1.82, 2.24) is 9.97 Å². The molecule has 1 aromatic heterocycles. The van der Waals surface area contributed by atoms with Crippen LogP contribution in [0.3, 0.4) is 0 Å². The normalized spacial score (nSPS) is 9.90. The van der Waals surface area contributed by atoms with Crippen LogP contribution in [0.1, 0.15) is 0 Å². The summed E-state index contributed by atoms with van der Waals surface area (Å²) in [5.74, 6) is 0.316. The molecule has 0 fully saturated rings. The highest BCUT2D eigenvalue weighted by atomic mass is 79.9. The van der Waals surface area contributed by atoms with Crippen LogP contribution in [0.2, 0.25) is 5.15 Å². The number of nitrogen functional groups attached to an aromatic ring is 1. The van der Waals surface area contributed by atoms with Gasteiger partial charge in [0.05, 0.1) is 0 Å². The van der Waals surface area contributed by atoms with Gasteiger partial charge in [0.25, 0.3) is 0 Å². The third-order valence-corrected chi connectivity index (χ3v) is 2.42. The summed E-state index contributed by atoms with van der Waals surface area (Å²) < 4.78 is 0.913. The second-order valence-electron chi connectivity index (χ2n) is 1.48. The molecule has 0 aliphatic rings. The summed E-state index contributed by atoms with van der Waals surface area (Å²) in [5.41, 5.74) is 5.38. The second-order valence-corrected chi connectivity index (χ2v) is 3.34. The Morgan fingerprint density at radius 2 is 1.80 bits per heavy atom. The van der Waals surface area contributed by atoms with Crippen molar-refractivity contribution in [3.05, 3.63) is 14.4 Å². The third-order valence-electron chi connectivity index (χ3n) is 0.797. The zero-order valence-corrected chi connectivity index (χ0v) is 8.53. The number of nitrogens with zero attached hydrogens (tertiary/aromatic N) is 2. The van der Waals surface area contributed by atoms with Crippen molar-refractivity contribution in [3.8, 4) is 0 Å². The van der Waals surface area contributed by atoms with E-state index in [9.17, 15) is 0 Å². The topological polar surface area (TPSA) is 51.8 Å². The van der Waals surface area contributed by atoms with Crippen molar-refractivity contribution < 1.29 is 0 Å². The predicted octanol–water partition coefficient (Wildman–Crippen LogP) is 2.24. The van der Waals surface area contributed by atoms with E-state index in [1.165, 1.54) is 0 Å². The zero-order valence-electron chi connectivity index (χ0n) is 4.61. The lowest BCUT2D eigenvalue weighted by Crippen LogP contribution is -1.94. The fourth-order valence-corrected chi connectivity index (χ4v) is 1.16. The molecule has 3 nitrogen and oxygen atoms in total. The number of anilines is 1. The zero-order chi connectivity index (χ0) is 7.72. The Hall–Kier alpha value is 0.130. The van der Waals surface area contributed by atoms with E-state index < -0.39 is 0 Å². The molecule has 0 bridgehead atoms. The lowest BCUT2D eigenvalue weighted by Gasteiger charge is -1.97. The molecule has 10 heavy (non-hydrogen) atoms. The van der Waals surface area contributed by atoms with E-state index >= 15 is 0 Å². The van der Waals surface area contributed by atoms with Crippen LogP contribution < -0.4 is 5.73 Å². The fraction of sp³-hybridized carbons (Fsp3) is 0. The van der Waals surface area contributed by atoms with Crippen molar-refractivity contribution in [2.24, 2.45) is 0 Å². The first-order chi connectivity index (χ1) is 4.61. The van der Waals surface area contributed by atoms with Crippen LogP contribution in [0.15, 0.2) is 9.21 Å². The number of rotatable bonds is 0. The van der Waals surface area contributed by atoms with E-state index in [-0.39, 0.29) is 0 Å². The molecule has 0 unspecified atom stereocenters. The molecular weight excluding hydrogens is 285 g/mol. The summed E-state index contributed by atoms with van der Waals surface area (Å²) in [5, 5.41) is 0.293. The maximum Gasteiger partial charge on any atom is 0.163 e.